The highest BCUT2D eigenvalue weighted by molar-refractivity contribution is 6.05. The molecule has 0 aliphatic carbocycles. The van der Waals surface area contributed by atoms with Gasteiger partial charge in [-0.2, -0.15) is 0 Å². The van der Waals surface area contributed by atoms with E-state index in [0.717, 1.165) is 11.3 Å². The summed E-state index contributed by atoms with van der Waals surface area (Å²) in [7, 11) is 1.75. The van der Waals surface area contributed by atoms with Gasteiger partial charge in [-0.1, -0.05) is 30.3 Å². The van der Waals surface area contributed by atoms with E-state index in [1.165, 1.54) is 6.92 Å². The molecule has 2 rings (SSSR count). The molecule has 0 aliphatic rings. The van der Waals surface area contributed by atoms with E-state index in [4.69, 9.17) is 0 Å². The summed E-state index contributed by atoms with van der Waals surface area (Å²) in [6, 6.07) is 16.7. The van der Waals surface area contributed by atoms with Gasteiger partial charge in [0.05, 0.1) is 0 Å². The first-order valence-electron chi connectivity index (χ1n) is 6.74. The molecule has 0 heterocycles. The zero-order valence-corrected chi connectivity index (χ0v) is 12.2. The number of carbonyl (C=O) groups excluding carboxylic acids is 2. The van der Waals surface area contributed by atoms with Gasteiger partial charge < -0.3 is 10.2 Å². The maximum atomic E-state index is 12.4. The molecule has 1 N–H and O–H groups in total. The minimum absolute atomic E-state index is 0.0627. The Labute approximate surface area is 124 Å². The third kappa shape index (κ3) is 3.92. The van der Waals surface area contributed by atoms with Crippen LogP contribution in [0.5, 0.6) is 0 Å². The van der Waals surface area contributed by atoms with E-state index in [1.54, 1.807) is 24.1 Å². The minimum atomic E-state index is -0.0704. The Morgan fingerprint density at radius 1 is 1.00 bits per heavy atom. The summed E-state index contributed by atoms with van der Waals surface area (Å²) in [5.41, 5.74) is 2.43. The van der Waals surface area contributed by atoms with Gasteiger partial charge in [0.25, 0.3) is 5.91 Å². The molecule has 4 heteroatoms. The van der Waals surface area contributed by atoms with Crippen LogP contribution in [0.15, 0.2) is 54.6 Å². The SMILES string of the molecule is CC(=O)NCc1ccc(C(=O)N(C)c2ccccc2)cc1. The summed E-state index contributed by atoms with van der Waals surface area (Å²) in [6.07, 6.45) is 0. The van der Waals surface area contributed by atoms with Crippen molar-refractivity contribution in [3.05, 3.63) is 65.7 Å². The molecule has 4 nitrogen and oxygen atoms in total. The van der Waals surface area contributed by atoms with Crippen LogP contribution in [0.25, 0.3) is 0 Å². The molecule has 0 unspecified atom stereocenters. The van der Waals surface area contributed by atoms with Crippen LogP contribution in [0, 0.1) is 0 Å². The standard InChI is InChI=1S/C17H18N2O2/c1-13(20)18-12-14-8-10-15(11-9-14)17(21)19(2)16-6-4-3-5-7-16/h3-11H,12H2,1-2H3,(H,18,20). The number of para-hydroxylation sites is 1. The molecule has 2 aromatic rings. The van der Waals surface area contributed by atoms with Gasteiger partial charge in [0.1, 0.15) is 0 Å². The van der Waals surface area contributed by atoms with Gasteiger partial charge in [-0.3, -0.25) is 9.59 Å². The van der Waals surface area contributed by atoms with Crippen LogP contribution in [0.4, 0.5) is 5.69 Å². The molecular formula is C17H18N2O2. The molecule has 0 saturated carbocycles. The number of anilines is 1. The average Bonchev–Trinajstić information content (AvgIpc) is 2.53. The molecule has 0 saturated heterocycles. The fraction of sp³-hybridized carbons (Fsp3) is 0.176. The highest BCUT2D eigenvalue weighted by Crippen LogP contribution is 2.15. The Morgan fingerprint density at radius 2 is 1.62 bits per heavy atom. The van der Waals surface area contributed by atoms with E-state index in [9.17, 15) is 9.59 Å². The van der Waals surface area contributed by atoms with Crippen molar-refractivity contribution in [2.45, 2.75) is 13.5 Å². The van der Waals surface area contributed by atoms with Crippen molar-refractivity contribution in [1.29, 1.82) is 0 Å². The maximum Gasteiger partial charge on any atom is 0.258 e. The van der Waals surface area contributed by atoms with Crippen LogP contribution in [0.2, 0.25) is 0 Å². The Morgan fingerprint density at radius 3 is 2.19 bits per heavy atom. The Balaban J connectivity index is 2.08. The second-order valence-electron chi connectivity index (χ2n) is 4.81. The summed E-state index contributed by atoms with van der Waals surface area (Å²) in [5.74, 6) is -0.133. The van der Waals surface area contributed by atoms with Crippen LogP contribution in [-0.4, -0.2) is 18.9 Å². The number of carbonyl (C=O) groups is 2. The average molecular weight is 282 g/mol. The third-order valence-corrected chi connectivity index (χ3v) is 3.19. The molecule has 0 spiro atoms. The van der Waals surface area contributed by atoms with Gasteiger partial charge in [0.2, 0.25) is 5.91 Å². The Kier molecular flexibility index (Phi) is 4.72. The van der Waals surface area contributed by atoms with Gasteiger partial charge in [0, 0.05) is 31.8 Å². The third-order valence-electron chi connectivity index (χ3n) is 3.19. The van der Waals surface area contributed by atoms with Gasteiger partial charge >= 0.3 is 0 Å². The molecule has 108 valence electrons. The van der Waals surface area contributed by atoms with Crippen molar-refractivity contribution >= 4 is 17.5 Å². The molecule has 0 bridgehead atoms. The van der Waals surface area contributed by atoms with E-state index in [0.29, 0.717) is 12.1 Å². The van der Waals surface area contributed by atoms with E-state index in [-0.39, 0.29) is 11.8 Å². The number of nitrogens with zero attached hydrogens (tertiary/aromatic N) is 1. The smallest absolute Gasteiger partial charge is 0.258 e. The number of nitrogens with one attached hydrogen (secondary N) is 1. The van der Waals surface area contributed by atoms with E-state index in [1.807, 2.05) is 42.5 Å². The fourth-order valence-corrected chi connectivity index (χ4v) is 1.95. The van der Waals surface area contributed by atoms with E-state index < -0.39 is 0 Å². The normalized spacial score (nSPS) is 10.0. The molecule has 0 fully saturated rings. The van der Waals surface area contributed by atoms with Crippen molar-refractivity contribution in [2.75, 3.05) is 11.9 Å². The molecule has 0 aliphatic heterocycles. The highest BCUT2D eigenvalue weighted by Gasteiger charge is 2.12. The van der Waals surface area contributed by atoms with E-state index >= 15 is 0 Å². The quantitative estimate of drug-likeness (QED) is 0.937. The molecule has 0 radical (unpaired) electrons. The van der Waals surface area contributed by atoms with Crippen LogP contribution >= 0.6 is 0 Å². The summed E-state index contributed by atoms with van der Waals surface area (Å²) >= 11 is 0. The van der Waals surface area contributed by atoms with Crippen molar-refractivity contribution in [3.8, 4) is 0 Å². The molecule has 2 amide bonds. The Hall–Kier alpha value is -2.62. The first-order chi connectivity index (χ1) is 10.1. The topological polar surface area (TPSA) is 49.4 Å². The van der Waals surface area contributed by atoms with Crippen molar-refractivity contribution in [1.82, 2.24) is 5.32 Å². The van der Waals surface area contributed by atoms with E-state index in [2.05, 4.69) is 5.32 Å². The van der Waals surface area contributed by atoms with Crippen LogP contribution < -0.4 is 10.2 Å². The molecule has 0 atom stereocenters. The van der Waals surface area contributed by atoms with Crippen LogP contribution in [-0.2, 0) is 11.3 Å². The number of amides is 2. The second kappa shape index (κ2) is 6.70. The highest BCUT2D eigenvalue weighted by atomic mass is 16.2. The number of hydrogen-bond acceptors (Lipinski definition) is 2. The zero-order chi connectivity index (χ0) is 15.2. The Bertz CT molecular complexity index is 621. The largest absolute Gasteiger partial charge is 0.352 e. The second-order valence-corrected chi connectivity index (χ2v) is 4.81. The lowest BCUT2D eigenvalue weighted by atomic mass is 10.1. The van der Waals surface area contributed by atoms with Gasteiger partial charge in [-0.05, 0) is 29.8 Å². The van der Waals surface area contributed by atoms with Crippen molar-refractivity contribution in [3.63, 3.8) is 0 Å². The molecule has 21 heavy (non-hydrogen) atoms. The first-order valence-corrected chi connectivity index (χ1v) is 6.74. The summed E-state index contributed by atoms with van der Waals surface area (Å²) in [4.78, 5) is 24.9. The van der Waals surface area contributed by atoms with Crippen molar-refractivity contribution in [2.24, 2.45) is 0 Å². The lowest BCUT2D eigenvalue weighted by Crippen LogP contribution is -2.26. The van der Waals surface area contributed by atoms with Crippen molar-refractivity contribution < 1.29 is 9.59 Å². The molecule has 2 aromatic carbocycles. The first kappa shape index (κ1) is 14.8. The predicted octanol–water partition coefficient (Wildman–Crippen LogP) is 2.60. The van der Waals surface area contributed by atoms with Gasteiger partial charge in [-0.15, -0.1) is 0 Å². The fourth-order valence-electron chi connectivity index (χ4n) is 1.95. The lowest BCUT2D eigenvalue weighted by Gasteiger charge is -2.17. The molecule has 0 aromatic heterocycles. The van der Waals surface area contributed by atoms with Crippen LogP contribution in [0.3, 0.4) is 0 Å². The molecular weight excluding hydrogens is 264 g/mol. The predicted molar refractivity (Wildman–Crippen MR) is 83.1 cm³/mol. The number of hydrogen-bond donors (Lipinski definition) is 1. The van der Waals surface area contributed by atoms with Gasteiger partial charge in [-0.25, -0.2) is 0 Å². The minimum Gasteiger partial charge on any atom is -0.352 e. The summed E-state index contributed by atoms with van der Waals surface area (Å²) in [5, 5.41) is 2.72. The zero-order valence-electron chi connectivity index (χ0n) is 12.2. The summed E-state index contributed by atoms with van der Waals surface area (Å²) < 4.78 is 0. The summed E-state index contributed by atoms with van der Waals surface area (Å²) in [6.45, 7) is 1.95. The monoisotopic (exact) mass is 282 g/mol. The number of rotatable bonds is 4. The maximum absolute atomic E-state index is 12.4. The lowest BCUT2D eigenvalue weighted by molar-refractivity contribution is -0.119. The van der Waals surface area contributed by atoms with Gasteiger partial charge in [0.15, 0.2) is 0 Å². The number of benzene rings is 2. The van der Waals surface area contributed by atoms with Crippen LogP contribution in [0.1, 0.15) is 22.8 Å².